The predicted octanol–water partition coefficient (Wildman–Crippen LogP) is 4.26. The van der Waals surface area contributed by atoms with Crippen molar-refractivity contribution >= 4 is 28.4 Å². The van der Waals surface area contributed by atoms with E-state index in [0.717, 1.165) is 27.2 Å². The molecule has 1 heterocycles. The van der Waals surface area contributed by atoms with Crippen LogP contribution in [0.3, 0.4) is 0 Å². The van der Waals surface area contributed by atoms with Gasteiger partial charge in [-0.1, -0.05) is 38.5 Å². The number of aryl methyl sites for hydroxylation is 2. The normalized spacial score (nSPS) is 11.9. The Morgan fingerprint density at radius 2 is 1.90 bits per heavy atom. The van der Waals surface area contributed by atoms with Gasteiger partial charge in [0, 0.05) is 0 Å². The number of hydrogen-bond donors (Lipinski definition) is 1. The van der Waals surface area contributed by atoms with Gasteiger partial charge in [0.05, 0.1) is 15.0 Å². The molecule has 3 nitrogen and oxygen atoms in total. The highest BCUT2D eigenvalue weighted by atomic mass is 127. The molecule has 2 aromatic rings. The molecule has 4 heteroatoms. The van der Waals surface area contributed by atoms with E-state index in [2.05, 4.69) is 75.4 Å². The van der Waals surface area contributed by atoms with E-state index in [4.69, 9.17) is 10.8 Å². The second-order valence-corrected chi connectivity index (χ2v) is 7.66. The van der Waals surface area contributed by atoms with Crippen molar-refractivity contribution in [3.8, 4) is 5.69 Å². The summed E-state index contributed by atoms with van der Waals surface area (Å²) in [7, 11) is 0. The summed E-state index contributed by atoms with van der Waals surface area (Å²) in [4.78, 5) is 0. The summed E-state index contributed by atoms with van der Waals surface area (Å²) >= 11 is 2.30. The summed E-state index contributed by atoms with van der Waals surface area (Å²) in [5, 5.41) is 4.74. The molecule has 1 aromatic carbocycles. The first-order chi connectivity index (χ1) is 9.19. The highest BCUT2D eigenvalue weighted by Gasteiger charge is 2.20. The average Bonchev–Trinajstić information content (AvgIpc) is 2.56. The highest BCUT2D eigenvalue weighted by molar-refractivity contribution is 14.1. The van der Waals surface area contributed by atoms with Crippen molar-refractivity contribution in [2.45, 2.75) is 41.0 Å². The Morgan fingerprint density at radius 1 is 1.25 bits per heavy atom. The first-order valence-electron chi connectivity index (χ1n) is 6.79. The van der Waals surface area contributed by atoms with Crippen molar-refractivity contribution in [2.24, 2.45) is 5.41 Å². The van der Waals surface area contributed by atoms with Crippen LogP contribution in [0.5, 0.6) is 0 Å². The summed E-state index contributed by atoms with van der Waals surface area (Å²) in [6, 6.07) is 6.34. The molecule has 0 aliphatic carbocycles. The number of nitrogen functional groups attached to an aromatic ring is 1. The molecular weight excluding hydrogens is 361 g/mol. The number of anilines is 1. The molecular formula is C16H22IN3. The van der Waals surface area contributed by atoms with Crippen molar-refractivity contribution < 1.29 is 0 Å². The van der Waals surface area contributed by atoms with Crippen LogP contribution < -0.4 is 5.73 Å². The summed E-state index contributed by atoms with van der Waals surface area (Å²) in [6.45, 7) is 10.8. The Kier molecular flexibility index (Phi) is 4.14. The maximum atomic E-state index is 6.25. The number of nitrogens with zero attached hydrogens (tertiary/aromatic N) is 2. The Labute approximate surface area is 134 Å². The molecule has 0 fully saturated rings. The zero-order valence-corrected chi connectivity index (χ0v) is 14.9. The Balaban J connectivity index is 2.50. The van der Waals surface area contributed by atoms with E-state index < -0.39 is 0 Å². The SMILES string of the molecule is Cc1ccc(-n2nc(CC(C)(C)C)c(I)c2N)c(C)c1. The third-order valence-electron chi connectivity index (χ3n) is 3.21. The molecule has 0 radical (unpaired) electrons. The van der Waals surface area contributed by atoms with Gasteiger partial charge in [0.2, 0.25) is 0 Å². The average molecular weight is 383 g/mol. The molecule has 0 amide bonds. The second-order valence-electron chi connectivity index (χ2n) is 6.59. The van der Waals surface area contributed by atoms with Crippen LogP contribution in [0.25, 0.3) is 5.69 Å². The van der Waals surface area contributed by atoms with E-state index in [-0.39, 0.29) is 5.41 Å². The summed E-state index contributed by atoms with van der Waals surface area (Å²) < 4.78 is 2.94. The largest absolute Gasteiger partial charge is 0.383 e. The molecule has 0 saturated heterocycles. The maximum Gasteiger partial charge on any atom is 0.141 e. The van der Waals surface area contributed by atoms with Crippen LogP contribution in [-0.2, 0) is 6.42 Å². The first-order valence-corrected chi connectivity index (χ1v) is 7.87. The zero-order valence-electron chi connectivity index (χ0n) is 12.8. The van der Waals surface area contributed by atoms with E-state index in [1.54, 1.807) is 0 Å². The molecule has 0 saturated carbocycles. The van der Waals surface area contributed by atoms with Gasteiger partial charge >= 0.3 is 0 Å². The topological polar surface area (TPSA) is 43.8 Å². The van der Waals surface area contributed by atoms with Crippen molar-refractivity contribution in [2.75, 3.05) is 5.73 Å². The molecule has 2 rings (SSSR count). The van der Waals surface area contributed by atoms with Crippen LogP contribution in [-0.4, -0.2) is 9.78 Å². The predicted molar refractivity (Wildman–Crippen MR) is 93.3 cm³/mol. The van der Waals surface area contributed by atoms with Gasteiger partial charge in [-0.3, -0.25) is 0 Å². The molecule has 0 unspecified atom stereocenters. The third-order valence-corrected chi connectivity index (χ3v) is 4.38. The van der Waals surface area contributed by atoms with Gasteiger partial charge in [0.15, 0.2) is 0 Å². The minimum absolute atomic E-state index is 0.202. The van der Waals surface area contributed by atoms with E-state index >= 15 is 0 Å². The van der Waals surface area contributed by atoms with Crippen molar-refractivity contribution in [1.29, 1.82) is 0 Å². The summed E-state index contributed by atoms with van der Waals surface area (Å²) in [5.41, 5.74) is 11.0. The molecule has 0 aliphatic rings. The highest BCUT2D eigenvalue weighted by Crippen LogP contribution is 2.29. The molecule has 108 valence electrons. The van der Waals surface area contributed by atoms with E-state index in [1.165, 1.54) is 11.1 Å². The van der Waals surface area contributed by atoms with Crippen molar-refractivity contribution in [3.63, 3.8) is 0 Å². The van der Waals surface area contributed by atoms with Crippen molar-refractivity contribution in [3.05, 3.63) is 38.6 Å². The van der Waals surface area contributed by atoms with E-state index in [9.17, 15) is 0 Å². The number of halogens is 1. The first kappa shape index (κ1) is 15.4. The second kappa shape index (κ2) is 5.39. The van der Waals surface area contributed by atoms with Crippen LogP contribution in [0.15, 0.2) is 18.2 Å². The van der Waals surface area contributed by atoms with Crippen LogP contribution in [0, 0.1) is 22.8 Å². The molecule has 20 heavy (non-hydrogen) atoms. The molecule has 2 N–H and O–H groups in total. The monoisotopic (exact) mass is 383 g/mol. The van der Waals surface area contributed by atoms with Gasteiger partial charge in [0.1, 0.15) is 5.82 Å². The summed E-state index contributed by atoms with van der Waals surface area (Å²) in [6.07, 6.45) is 0.924. The number of hydrogen-bond acceptors (Lipinski definition) is 2. The van der Waals surface area contributed by atoms with Crippen LogP contribution in [0.4, 0.5) is 5.82 Å². The van der Waals surface area contributed by atoms with Crippen LogP contribution >= 0.6 is 22.6 Å². The van der Waals surface area contributed by atoms with Crippen molar-refractivity contribution in [1.82, 2.24) is 9.78 Å². The standard InChI is InChI=1S/C16H22IN3/c1-10-6-7-13(11(2)8-10)20-15(18)14(17)12(19-20)9-16(3,4)5/h6-8H,9,18H2,1-5H3. The Bertz CT molecular complexity index is 636. The Hall–Kier alpha value is -1.04. The van der Waals surface area contributed by atoms with E-state index in [0.29, 0.717) is 0 Å². The Morgan fingerprint density at radius 3 is 2.45 bits per heavy atom. The van der Waals surface area contributed by atoms with Gasteiger partial charge in [0.25, 0.3) is 0 Å². The lowest BCUT2D eigenvalue weighted by Crippen LogP contribution is -2.11. The van der Waals surface area contributed by atoms with Gasteiger partial charge < -0.3 is 5.73 Å². The van der Waals surface area contributed by atoms with Gasteiger partial charge in [-0.2, -0.15) is 5.10 Å². The third kappa shape index (κ3) is 3.16. The molecule has 0 spiro atoms. The van der Waals surface area contributed by atoms with Gasteiger partial charge in [-0.25, -0.2) is 4.68 Å². The quantitative estimate of drug-likeness (QED) is 0.788. The molecule has 1 aromatic heterocycles. The minimum Gasteiger partial charge on any atom is -0.383 e. The van der Waals surface area contributed by atoms with Gasteiger partial charge in [-0.05, 0) is 59.9 Å². The van der Waals surface area contributed by atoms with E-state index in [1.807, 2.05) is 4.68 Å². The zero-order chi connectivity index (χ0) is 15.1. The maximum absolute atomic E-state index is 6.25. The number of aromatic nitrogens is 2. The summed E-state index contributed by atoms with van der Waals surface area (Å²) in [5.74, 6) is 0.733. The van der Waals surface area contributed by atoms with Crippen LogP contribution in [0.2, 0.25) is 0 Å². The number of nitrogens with two attached hydrogens (primary N) is 1. The smallest absolute Gasteiger partial charge is 0.141 e. The fourth-order valence-corrected chi connectivity index (χ4v) is 2.83. The lowest BCUT2D eigenvalue weighted by atomic mass is 9.91. The van der Waals surface area contributed by atoms with Crippen LogP contribution in [0.1, 0.15) is 37.6 Å². The van der Waals surface area contributed by atoms with Gasteiger partial charge in [-0.15, -0.1) is 0 Å². The lowest BCUT2D eigenvalue weighted by molar-refractivity contribution is 0.404. The fourth-order valence-electron chi connectivity index (χ4n) is 2.30. The molecule has 0 atom stereocenters. The fraction of sp³-hybridized carbons (Fsp3) is 0.438. The number of benzene rings is 1. The lowest BCUT2D eigenvalue weighted by Gasteiger charge is -2.16. The molecule has 0 aliphatic heterocycles. The molecule has 0 bridgehead atoms. The number of rotatable bonds is 2. The minimum atomic E-state index is 0.202.